The molecule has 0 aromatic carbocycles. The first kappa shape index (κ1) is 15.7. The van der Waals surface area contributed by atoms with Gasteiger partial charge in [0.25, 0.3) is 0 Å². The number of aryl methyl sites for hydroxylation is 2. The van der Waals surface area contributed by atoms with Crippen LogP contribution in [0.1, 0.15) is 38.1 Å². The molecular formula is C13H23BrN2O2. The Balaban J connectivity index is 2.67. The molecule has 0 spiro atoms. The van der Waals surface area contributed by atoms with Crippen LogP contribution in [0, 0.1) is 0 Å². The standard InChI is InChI=1S/C13H23BrN2O2/c1-4-11-13(14)12(16(5-2)15-11)9-10(17)7-6-8-18-3/h10,17H,4-9H2,1-3H3. The third-order valence-electron chi connectivity index (χ3n) is 3.01. The van der Waals surface area contributed by atoms with E-state index in [-0.39, 0.29) is 6.10 Å². The van der Waals surface area contributed by atoms with E-state index in [2.05, 4.69) is 34.9 Å². The summed E-state index contributed by atoms with van der Waals surface area (Å²) in [6, 6.07) is 0. The maximum Gasteiger partial charge on any atom is 0.0766 e. The van der Waals surface area contributed by atoms with Gasteiger partial charge in [-0.3, -0.25) is 4.68 Å². The number of methoxy groups -OCH3 is 1. The predicted molar refractivity (Wildman–Crippen MR) is 75.8 cm³/mol. The molecular weight excluding hydrogens is 296 g/mol. The van der Waals surface area contributed by atoms with Crippen LogP contribution in [0.3, 0.4) is 0 Å². The number of hydrogen-bond acceptors (Lipinski definition) is 3. The quantitative estimate of drug-likeness (QED) is 0.749. The second-order valence-electron chi connectivity index (χ2n) is 4.37. The Bertz CT molecular complexity index is 366. The first-order valence-electron chi connectivity index (χ1n) is 6.55. The van der Waals surface area contributed by atoms with Crippen LogP contribution in [0.25, 0.3) is 0 Å². The normalized spacial score (nSPS) is 12.9. The molecule has 1 heterocycles. The van der Waals surface area contributed by atoms with Gasteiger partial charge in [0, 0.05) is 26.7 Å². The van der Waals surface area contributed by atoms with Crippen molar-refractivity contribution in [3.8, 4) is 0 Å². The van der Waals surface area contributed by atoms with Crippen molar-refractivity contribution in [2.75, 3.05) is 13.7 Å². The maximum absolute atomic E-state index is 10.0. The van der Waals surface area contributed by atoms with Gasteiger partial charge in [0.05, 0.1) is 22.0 Å². The van der Waals surface area contributed by atoms with E-state index >= 15 is 0 Å². The van der Waals surface area contributed by atoms with Gasteiger partial charge in [-0.1, -0.05) is 6.92 Å². The molecule has 0 saturated carbocycles. The zero-order valence-electron chi connectivity index (χ0n) is 11.4. The third kappa shape index (κ3) is 4.07. The van der Waals surface area contributed by atoms with Crippen LogP contribution in [0.5, 0.6) is 0 Å². The maximum atomic E-state index is 10.0. The smallest absolute Gasteiger partial charge is 0.0766 e. The van der Waals surface area contributed by atoms with E-state index in [1.165, 1.54) is 0 Å². The molecule has 4 nitrogen and oxygen atoms in total. The Hall–Kier alpha value is -0.390. The largest absolute Gasteiger partial charge is 0.393 e. The minimum absolute atomic E-state index is 0.330. The fourth-order valence-corrected chi connectivity index (χ4v) is 2.73. The van der Waals surface area contributed by atoms with Gasteiger partial charge in [0.15, 0.2) is 0 Å². The number of rotatable bonds is 8. The van der Waals surface area contributed by atoms with E-state index in [1.54, 1.807) is 7.11 Å². The lowest BCUT2D eigenvalue weighted by Crippen LogP contribution is -2.15. The number of nitrogens with zero attached hydrogens (tertiary/aromatic N) is 2. The van der Waals surface area contributed by atoms with E-state index in [0.717, 1.165) is 41.7 Å². The van der Waals surface area contributed by atoms with E-state index in [4.69, 9.17) is 4.74 Å². The average molecular weight is 319 g/mol. The summed E-state index contributed by atoms with van der Waals surface area (Å²) < 4.78 is 8.02. The molecule has 0 aliphatic heterocycles. The summed E-state index contributed by atoms with van der Waals surface area (Å²) in [7, 11) is 1.68. The molecule has 104 valence electrons. The Morgan fingerprint density at radius 2 is 2.17 bits per heavy atom. The SMILES string of the molecule is CCc1nn(CC)c(CC(O)CCCOC)c1Br. The number of aliphatic hydroxyl groups excluding tert-OH is 1. The second kappa shape index (κ2) is 7.92. The molecule has 0 fully saturated rings. The Morgan fingerprint density at radius 1 is 1.44 bits per heavy atom. The van der Waals surface area contributed by atoms with Crippen LogP contribution in [-0.4, -0.2) is 34.7 Å². The molecule has 1 aromatic rings. The lowest BCUT2D eigenvalue weighted by molar-refractivity contribution is 0.133. The van der Waals surface area contributed by atoms with Gasteiger partial charge < -0.3 is 9.84 Å². The highest BCUT2D eigenvalue weighted by atomic mass is 79.9. The van der Waals surface area contributed by atoms with Gasteiger partial charge in [-0.2, -0.15) is 5.10 Å². The highest BCUT2D eigenvalue weighted by molar-refractivity contribution is 9.10. The van der Waals surface area contributed by atoms with Crippen molar-refractivity contribution in [3.05, 3.63) is 15.9 Å². The van der Waals surface area contributed by atoms with Crippen LogP contribution in [0.15, 0.2) is 4.47 Å². The van der Waals surface area contributed by atoms with Crippen LogP contribution < -0.4 is 0 Å². The van der Waals surface area contributed by atoms with Crippen LogP contribution in [-0.2, 0) is 24.1 Å². The molecule has 1 aromatic heterocycles. The molecule has 1 N–H and O–H groups in total. The highest BCUT2D eigenvalue weighted by Gasteiger charge is 2.16. The summed E-state index contributed by atoms with van der Waals surface area (Å²) in [5, 5.41) is 14.6. The second-order valence-corrected chi connectivity index (χ2v) is 5.16. The lowest BCUT2D eigenvalue weighted by atomic mass is 10.1. The Kier molecular flexibility index (Phi) is 6.89. The molecule has 5 heteroatoms. The molecule has 0 aliphatic rings. The van der Waals surface area contributed by atoms with Gasteiger partial charge in [-0.05, 0) is 42.1 Å². The Labute approximate surface area is 117 Å². The number of hydrogen-bond donors (Lipinski definition) is 1. The van der Waals surface area contributed by atoms with Crippen molar-refractivity contribution in [1.82, 2.24) is 9.78 Å². The monoisotopic (exact) mass is 318 g/mol. The average Bonchev–Trinajstić information content (AvgIpc) is 2.66. The molecule has 0 bridgehead atoms. The van der Waals surface area contributed by atoms with Crippen molar-refractivity contribution in [3.63, 3.8) is 0 Å². The summed E-state index contributed by atoms with van der Waals surface area (Å²) >= 11 is 3.59. The summed E-state index contributed by atoms with van der Waals surface area (Å²) in [5.74, 6) is 0. The minimum Gasteiger partial charge on any atom is -0.393 e. The number of halogens is 1. The van der Waals surface area contributed by atoms with Crippen molar-refractivity contribution >= 4 is 15.9 Å². The van der Waals surface area contributed by atoms with E-state index < -0.39 is 0 Å². The fraction of sp³-hybridized carbons (Fsp3) is 0.769. The Morgan fingerprint density at radius 3 is 2.72 bits per heavy atom. The highest BCUT2D eigenvalue weighted by Crippen LogP contribution is 2.24. The first-order chi connectivity index (χ1) is 8.63. The molecule has 0 radical (unpaired) electrons. The molecule has 0 amide bonds. The van der Waals surface area contributed by atoms with Gasteiger partial charge in [-0.25, -0.2) is 0 Å². The topological polar surface area (TPSA) is 47.3 Å². The molecule has 1 unspecified atom stereocenters. The lowest BCUT2D eigenvalue weighted by Gasteiger charge is -2.12. The van der Waals surface area contributed by atoms with Gasteiger partial charge in [-0.15, -0.1) is 0 Å². The predicted octanol–water partition coefficient (Wildman–Crippen LogP) is 2.56. The fourth-order valence-electron chi connectivity index (χ4n) is 2.00. The van der Waals surface area contributed by atoms with Crippen molar-refractivity contribution in [1.29, 1.82) is 0 Å². The van der Waals surface area contributed by atoms with Gasteiger partial charge in [0.2, 0.25) is 0 Å². The zero-order valence-corrected chi connectivity index (χ0v) is 13.0. The zero-order chi connectivity index (χ0) is 13.5. The molecule has 0 saturated heterocycles. The molecule has 0 aliphatic carbocycles. The van der Waals surface area contributed by atoms with Gasteiger partial charge >= 0.3 is 0 Å². The van der Waals surface area contributed by atoms with Crippen LogP contribution in [0.4, 0.5) is 0 Å². The summed E-state index contributed by atoms with van der Waals surface area (Å²) in [6.07, 6.45) is 2.86. The summed E-state index contributed by atoms with van der Waals surface area (Å²) in [6.45, 7) is 5.69. The van der Waals surface area contributed by atoms with E-state index in [9.17, 15) is 5.11 Å². The third-order valence-corrected chi connectivity index (χ3v) is 3.92. The molecule has 1 rings (SSSR count). The molecule has 1 atom stereocenters. The first-order valence-corrected chi connectivity index (χ1v) is 7.34. The van der Waals surface area contributed by atoms with Crippen LogP contribution in [0.2, 0.25) is 0 Å². The van der Waals surface area contributed by atoms with Crippen molar-refractivity contribution in [2.24, 2.45) is 0 Å². The molecule has 18 heavy (non-hydrogen) atoms. The van der Waals surface area contributed by atoms with E-state index in [1.807, 2.05) is 4.68 Å². The van der Waals surface area contributed by atoms with Gasteiger partial charge in [0.1, 0.15) is 0 Å². The van der Waals surface area contributed by atoms with Crippen molar-refractivity contribution in [2.45, 2.75) is 52.2 Å². The van der Waals surface area contributed by atoms with Crippen LogP contribution >= 0.6 is 15.9 Å². The number of aliphatic hydroxyl groups is 1. The number of aromatic nitrogens is 2. The summed E-state index contributed by atoms with van der Waals surface area (Å²) in [4.78, 5) is 0. The van der Waals surface area contributed by atoms with E-state index in [0.29, 0.717) is 13.0 Å². The summed E-state index contributed by atoms with van der Waals surface area (Å²) in [5.41, 5.74) is 2.16. The number of ether oxygens (including phenoxy) is 1. The van der Waals surface area contributed by atoms with Crippen molar-refractivity contribution < 1.29 is 9.84 Å². The minimum atomic E-state index is -0.330.